The van der Waals surface area contributed by atoms with Crippen molar-refractivity contribution in [3.63, 3.8) is 0 Å². The highest BCUT2D eigenvalue weighted by Crippen LogP contribution is 2.49. The summed E-state index contributed by atoms with van der Waals surface area (Å²) in [4.78, 5) is 15.7. The molecule has 3 rings (SSSR count). The van der Waals surface area contributed by atoms with Gasteiger partial charge in [0.2, 0.25) is 0 Å². The Bertz CT molecular complexity index is 602. The standard InChI is InChI=1S/C13H10BrNO2S/c14-9-3-1-8(2-4-9)11-15-10(7-18-11)13(5-6-13)12(16)17/h1-4,7H,5-6H2,(H,16,17). The smallest absolute Gasteiger partial charge is 0.315 e. The Kier molecular flexibility index (Phi) is 2.75. The lowest BCUT2D eigenvalue weighted by molar-refractivity contribution is -0.140. The monoisotopic (exact) mass is 323 g/mol. The first-order valence-corrected chi connectivity index (χ1v) is 7.24. The third-order valence-corrected chi connectivity index (χ3v) is 4.67. The van der Waals surface area contributed by atoms with Crippen molar-refractivity contribution in [3.05, 3.63) is 39.8 Å². The van der Waals surface area contributed by atoms with Gasteiger partial charge in [-0.15, -0.1) is 11.3 Å². The molecule has 2 aromatic rings. The minimum Gasteiger partial charge on any atom is -0.481 e. The number of aliphatic carboxylic acids is 1. The highest BCUT2D eigenvalue weighted by atomic mass is 79.9. The number of carboxylic acid groups (broad SMARTS) is 1. The average Bonchev–Trinajstić information content (AvgIpc) is 3.03. The molecule has 0 amide bonds. The van der Waals surface area contributed by atoms with Crippen LogP contribution in [0.5, 0.6) is 0 Å². The van der Waals surface area contributed by atoms with Crippen molar-refractivity contribution in [2.75, 3.05) is 0 Å². The number of carbonyl (C=O) groups is 1. The van der Waals surface area contributed by atoms with E-state index >= 15 is 0 Å². The molecule has 0 unspecified atom stereocenters. The number of hydrogen-bond donors (Lipinski definition) is 1. The van der Waals surface area contributed by atoms with E-state index in [0.29, 0.717) is 18.5 Å². The van der Waals surface area contributed by atoms with Crippen LogP contribution in [0, 0.1) is 0 Å². The van der Waals surface area contributed by atoms with Crippen molar-refractivity contribution in [2.45, 2.75) is 18.3 Å². The Morgan fingerprint density at radius 1 is 1.33 bits per heavy atom. The molecule has 0 bridgehead atoms. The highest BCUT2D eigenvalue weighted by Gasteiger charge is 2.53. The molecule has 1 aromatic heterocycles. The minimum atomic E-state index is -0.754. The molecule has 0 radical (unpaired) electrons. The molecule has 5 heteroatoms. The molecule has 92 valence electrons. The van der Waals surface area contributed by atoms with Gasteiger partial charge in [-0.25, -0.2) is 4.98 Å². The van der Waals surface area contributed by atoms with Crippen molar-refractivity contribution >= 4 is 33.2 Å². The number of aromatic nitrogens is 1. The van der Waals surface area contributed by atoms with Gasteiger partial charge >= 0.3 is 5.97 Å². The summed E-state index contributed by atoms with van der Waals surface area (Å²) in [6.07, 6.45) is 1.40. The molecule has 1 aliphatic carbocycles. The second-order valence-corrected chi connectivity index (χ2v) is 6.21. The number of rotatable bonds is 3. The fourth-order valence-electron chi connectivity index (χ4n) is 1.92. The van der Waals surface area contributed by atoms with Crippen LogP contribution in [0.3, 0.4) is 0 Å². The molecular formula is C13H10BrNO2S. The molecule has 0 aliphatic heterocycles. The average molecular weight is 324 g/mol. The molecule has 1 fully saturated rings. The molecule has 0 saturated heterocycles. The topological polar surface area (TPSA) is 50.2 Å². The molecule has 1 heterocycles. The van der Waals surface area contributed by atoms with Crippen molar-refractivity contribution in [1.82, 2.24) is 4.98 Å². The van der Waals surface area contributed by atoms with Crippen LogP contribution in [-0.2, 0) is 10.2 Å². The summed E-state index contributed by atoms with van der Waals surface area (Å²) < 4.78 is 1.02. The van der Waals surface area contributed by atoms with Crippen LogP contribution in [0.2, 0.25) is 0 Å². The zero-order valence-corrected chi connectivity index (χ0v) is 11.8. The van der Waals surface area contributed by atoms with Gasteiger partial charge in [-0.2, -0.15) is 0 Å². The third-order valence-electron chi connectivity index (χ3n) is 3.25. The van der Waals surface area contributed by atoms with Gasteiger partial charge in [-0.1, -0.05) is 28.1 Å². The molecular weight excluding hydrogens is 314 g/mol. The molecule has 1 saturated carbocycles. The second-order valence-electron chi connectivity index (χ2n) is 4.43. The maximum Gasteiger partial charge on any atom is 0.315 e. The predicted molar refractivity (Wildman–Crippen MR) is 73.8 cm³/mol. The summed E-state index contributed by atoms with van der Waals surface area (Å²) >= 11 is 4.89. The van der Waals surface area contributed by atoms with E-state index in [9.17, 15) is 9.90 Å². The van der Waals surface area contributed by atoms with Gasteiger partial charge in [-0.3, -0.25) is 4.79 Å². The normalized spacial score (nSPS) is 16.5. The second kappa shape index (κ2) is 4.17. The summed E-state index contributed by atoms with van der Waals surface area (Å²) in [5, 5.41) is 12.0. The number of nitrogens with zero attached hydrogens (tertiary/aromatic N) is 1. The van der Waals surface area contributed by atoms with E-state index in [1.165, 1.54) is 11.3 Å². The van der Waals surface area contributed by atoms with E-state index in [0.717, 1.165) is 15.0 Å². The zero-order valence-electron chi connectivity index (χ0n) is 9.39. The van der Waals surface area contributed by atoms with Crippen LogP contribution in [0.4, 0.5) is 0 Å². The summed E-state index contributed by atoms with van der Waals surface area (Å²) in [5.41, 5.74) is 1.03. The van der Waals surface area contributed by atoms with E-state index < -0.39 is 11.4 Å². The lowest BCUT2D eigenvalue weighted by Crippen LogP contribution is -2.19. The maximum atomic E-state index is 11.2. The number of benzene rings is 1. The van der Waals surface area contributed by atoms with Gasteiger partial charge in [0.25, 0.3) is 0 Å². The Balaban J connectivity index is 1.95. The lowest BCUT2D eigenvalue weighted by atomic mass is 10.0. The van der Waals surface area contributed by atoms with Crippen LogP contribution >= 0.6 is 27.3 Å². The Morgan fingerprint density at radius 2 is 2.00 bits per heavy atom. The van der Waals surface area contributed by atoms with Gasteiger partial charge in [-0.05, 0) is 25.0 Å². The zero-order chi connectivity index (χ0) is 12.8. The van der Waals surface area contributed by atoms with E-state index in [4.69, 9.17) is 0 Å². The Hall–Kier alpha value is -1.20. The Labute approximate surface area is 117 Å². The van der Waals surface area contributed by atoms with Crippen LogP contribution in [-0.4, -0.2) is 16.1 Å². The van der Waals surface area contributed by atoms with E-state index in [2.05, 4.69) is 20.9 Å². The number of hydrogen-bond acceptors (Lipinski definition) is 3. The first-order chi connectivity index (χ1) is 8.62. The van der Waals surface area contributed by atoms with Crippen molar-refractivity contribution < 1.29 is 9.90 Å². The summed E-state index contributed by atoms with van der Waals surface area (Å²) in [6, 6.07) is 7.88. The SMILES string of the molecule is O=C(O)C1(c2csc(-c3ccc(Br)cc3)n2)CC1. The maximum absolute atomic E-state index is 11.2. The molecule has 3 nitrogen and oxygen atoms in total. The first kappa shape index (κ1) is 11.9. The van der Waals surface area contributed by atoms with E-state index in [1.54, 1.807) is 0 Å². The van der Waals surface area contributed by atoms with Gasteiger partial charge in [0.05, 0.1) is 5.69 Å². The molecule has 1 N–H and O–H groups in total. The lowest BCUT2D eigenvalue weighted by Gasteiger charge is -2.04. The van der Waals surface area contributed by atoms with Crippen molar-refractivity contribution in [3.8, 4) is 10.6 Å². The van der Waals surface area contributed by atoms with Crippen LogP contribution in [0.15, 0.2) is 34.1 Å². The molecule has 18 heavy (non-hydrogen) atoms. The number of halogens is 1. The van der Waals surface area contributed by atoms with Crippen molar-refractivity contribution in [1.29, 1.82) is 0 Å². The molecule has 0 atom stereocenters. The van der Waals surface area contributed by atoms with Gasteiger partial charge < -0.3 is 5.11 Å². The molecule has 1 aromatic carbocycles. The van der Waals surface area contributed by atoms with E-state index in [-0.39, 0.29) is 0 Å². The first-order valence-electron chi connectivity index (χ1n) is 5.57. The molecule has 0 spiro atoms. The predicted octanol–water partition coefficient (Wildman–Crippen LogP) is 3.69. The fraction of sp³-hybridized carbons (Fsp3) is 0.231. The van der Waals surface area contributed by atoms with Crippen LogP contribution in [0.1, 0.15) is 18.5 Å². The van der Waals surface area contributed by atoms with Gasteiger partial charge in [0.15, 0.2) is 0 Å². The summed E-state index contributed by atoms with van der Waals surface area (Å²) in [5.74, 6) is -0.754. The largest absolute Gasteiger partial charge is 0.481 e. The van der Waals surface area contributed by atoms with Crippen LogP contribution < -0.4 is 0 Å². The Morgan fingerprint density at radius 3 is 2.56 bits per heavy atom. The summed E-state index contributed by atoms with van der Waals surface area (Å²) in [7, 11) is 0. The number of carboxylic acids is 1. The van der Waals surface area contributed by atoms with Crippen molar-refractivity contribution in [2.24, 2.45) is 0 Å². The quantitative estimate of drug-likeness (QED) is 0.937. The fourth-order valence-corrected chi connectivity index (χ4v) is 3.11. The molecule has 1 aliphatic rings. The highest BCUT2D eigenvalue weighted by molar-refractivity contribution is 9.10. The number of thiazole rings is 1. The third kappa shape index (κ3) is 1.87. The van der Waals surface area contributed by atoms with E-state index in [1.807, 2.05) is 29.6 Å². The minimum absolute atomic E-state index is 0.700. The van der Waals surface area contributed by atoms with Crippen LogP contribution in [0.25, 0.3) is 10.6 Å². The summed E-state index contributed by atoms with van der Waals surface area (Å²) in [6.45, 7) is 0. The van der Waals surface area contributed by atoms with Gasteiger partial charge in [0, 0.05) is 15.4 Å². The van der Waals surface area contributed by atoms with Gasteiger partial charge in [0.1, 0.15) is 10.4 Å².